The summed E-state index contributed by atoms with van der Waals surface area (Å²) < 4.78 is 1.56. The largest absolute Gasteiger partial charge is 0.456 e. The first-order valence-corrected chi connectivity index (χ1v) is 4.17. The fourth-order valence-electron chi connectivity index (χ4n) is 1.14. The molecule has 0 aliphatic rings. The quantitative estimate of drug-likeness (QED) is 0.573. The maximum absolute atomic E-state index is 11.2. The molecule has 4 heteroatoms. The third kappa shape index (κ3) is 1.88. The standard InChI is InChI=1S/C9H14N2O2/c1-6-5-11(9(2,3)4)8(13)7(12)10-6/h5H,1-4H3,(H,10,12)/p+1. The van der Waals surface area contributed by atoms with Gasteiger partial charge in [0, 0.05) is 20.8 Å². The van der Waals surface area contributed by atoms with Gasteiger partial charge in [-0.25, -0.2) is 0 Å². The van der Waals surface area contributed by atoms with Gasteiger partial charge in [0.1, 0.15) is 0 Å². The second-order valence-corrected chi connectivity index (χ2v) is 4.13. The van der Waals surface area contributed by atoms with Gasteiger partial charge in [-0.15, -0.1) is 0 Å². The van der Waals surface area contributed by atoms with Crippen LogP contribution in [0.4, 0.5) is 0 Å². The molecule has 1 aromatic rings. The minimum absolute atomic E-state index is 0.252. The number of aryl methyl sites for hydroxylation is 1. The Morgan fingerprint density at radius 2 is 2.00 bits per heavy atom. The third-order valence-corrected chi connectivity index (χ3v) is 1.79. The minimum atomic E-state index is -0.449. The van der Waals surface area contributed by atoms with Crippen molar-refractivity contribution in [1.29, 1.82) is 0 Å². The highest BCUT2D eigenvalue weighted by molar-refractivity contribution is 4.97. The van der Waals surface area contributed by atoms with Gasteiger partial charge in [-0.05, 0) is 6.92 Å². The van der Waals surface area contributed by atoms with Crippen LogP contribution in [-0.4, -0.2) is 10.1 Å². The topological polar surface area (TPSA) is 57.0 Å². The predicted molar refractivity (Wildman–Crippen MR) is 48.7 cm³/mol. The van der Waals surface area contributed by atoms with Gasteiger partial charge < -0.3 is 10.1 Å². The summed E-state index contributed by atoms with van der Waals surface area (Å²) in [5.41, 5.74) is -0.00373. The van der Waals surface area contributed by atoms with Crippen LogP contribution in [0.2, 0.25) is 0 Å². The highest BCUT2D eigenvalue weighted by Crippen LogP contribution is 2.06. The highest BCUT2D eigenvalue weighted by Gasteiger charge is 2.28. The number of aromatic hydroxyl groups is 1. The lowest BCUT2D eigenvalue weighted by Gasteiger charge is -2.13. The predicted octanol–water partition coefficient (Wildman–Crippen LogP) is 0.431. The molecule has 0 radical (unpaired) electrons. The van der Waals surface area contributed by atoms with Crippen molar-refractivity contribution < 1.29 is 9.67 Å². The second kappa shape index (κ2) is 2.87. The Kier molecular flexibility index (Phi) is 2.15. The molecule has 0 fully saturated rings. The summed E-state index contributed by atoms with van der Waals surface area (Å²) in [5.74, 6) is -0.252. The molecule has 72 valence electrons. The van der Waals surface area contributed by atoms with Gasteiger partial charge in [-0.2, -0.15) is 4.57 Å². The van der Waals surface area contributed by atoms with Gasteiger partial charge >= 0.3 is 11.4 Å². The number of nitrogens with one attached hydrogen (secondary N) is 1. The van der Waals surface area contributed by atoms with Crippen LogP contribution in [0.1, 0.15) is 26.5 Å². The maximum Gasteiger partial charge on any atom is 0.433 e. The van der Waals surface area contributed by atoms with E-state index < -0.39 is 5.56 Å². The molecular formula is C9H15N2O2+. The first-order chi connectivity index (χ1) is 5.82. The lowest BCUT2D eigenvalue weighted by Crippen LogP contribution is -2.52. The first-order valence-electron chi connectivity index (χ1n) is 4.17. The number of hydrogen-bond acceptors (Lipinski definition) is 2. The van der Waals surface area contributed by atoms with Crippen molar-refractivity contribution in [2.24, 2.45) is 0 Å². The first kappa shape index (κ1) is 9.77. The van der Waals surface area contributed by atoms with Crippen molar-refractivity contribution in [2.45, 2.75) is 33.2 Å². The van der Waals surface area contributed by atoms with Crippen molar-refractivity contribution in [3.8, 4) is 5.88 Å². The molecule has 0 unspecified atom stereocenters. The minimum Gasteiger partial charge on any atom is -0.456 e. The number of nitrogens with zero attached hydrogens (tertiary/aromatic N) is 1. The molecular weight excluding hydrogens is 168 g/mol. The summed E-state index contributed by atoms with van der Waals surface area (Å²) in [5, 5.41) is 9.48. The SMILES string of the molecule is Cc1c[n+](C(C)(C)C)c(O)c(=O)[nH]1. The Morgan fingerprint density at radius 3 is 2.46 bits per heavy atom. The van der Waals surface area contributed by atoms with Crippen LogP contribution in [0.15, 0.2) is 11.0 Å². The van der Waals surface area contributed by atoms with Gasteiger partial charge in [-0.3, -0.25) is 4.79 Å². The summed E-state index contributed by atoms with van der Waals surface area (Å²) >= 11 is 0. The van der Waals surface area contributed by atoms with Crippen LogP contribution in [0.5, 0.6) is 5.88 Å². The Balaban J connectivity index is 3.46. The zero-order valence-electron chi connectivity index (χ0n) is 8.38. The molecule has 0 saturated heterocycles. The zero-order valence-corrected chi connectivity index (χ0v) is 8.38. The smallest absolute Gasteiger partial charge is 0.433 e. The number of aromatic amines is 1. The molecule has 0 amide bonds. The number of hydrogen-bond donors (Lipinski definition) is 2. The van der Waals surface area contributed by atoms with Gasteiger partial charge in [0.25, 0.3) is 0 Å². The molecule has 13 heavy (non-hydrogen) atoms. The van der Waals surface area contributed by atoms with Crippen LogP contribution in [0.25, 0.3) is 0 Å². The lowest BCUT2D eigenvalue weighted by atomic mass is 10.1. The van der Waals surface area contributed by atoms with Crippen molar-refractivity contribution in [3.63, 3.8) is 0 Å². The van der Waals surface area contributed by atoms with Crippen LogP contribution in [0, 0.1) is 6.92 Å². The van der Waals surface area contributed by atoms with Crippen molar-refractivity contribution in [1.82, 2.24) is 4.98 Å². The molecule has 0 spiro atoms. The third-order valence-electron chi connectivity index (χ3n) is 1.79. The molecule has 0 atom stereocenters. The second-order valence-electron chi connectivity index (χ2n) is 4.13. The molecule has 1 rings (SSSR count). The number of rotatable bonds is 0. The van der Waals surface area contributed by atoms with E-state index in [0.29, 0.717) is 0 Å². The Hall–Kier alpha value is -1.32. The fraction of sp³-hybridized carbons (Fsp3) is 0.556. The summed E-state index contributed by atoms with van der Waals surface area (Å²) in [6, 6.07) is 0. The summed E-state index contributed by atoms with van der Waals surface area (Å²) in [7, 11) is 0. The molecule has 4 nitrogen and oxygen atoms in total. The van der Waals surface area contributed by atoms with Gasteiger partial charge in [-0.1, -0.05) is 0 Å². The molecule has 1 aromatic heterocycles. The Morgan fingerprint density at radius 1 is 1.46 bits per heavy atom. The van der Waals surface area contributed by atoms with E-state index in [9.17, 15) is 9.90 Å². The van der Waals surface area contributed by atoms with E-state index in [2.05, 4.69) is 4.98 Å². The van der Waals surface area contributed by atoms with E-state index in [1.807, 2.05) is 20.8 Å². The van der Waals surface area contributed by atoms with Crippen LogP contribution in [0.3, 0.4) is 0 Å². The summed E-state index contributed by atoms with van der Waals surface area (Å²) in [4.78, 5) is 13.7. The molecule has 0 aromatic carbocycles. The van der Waals surface area contributed by atoms with E-state index in [-0.39, 0.29) is 11.4 Å². The Labute approximate surface area is 76.9 Å². The molecule has 0 aliphatic heterocycles. The summed E-state index contributed by atoms with van der Waals surface area (Å²) in [6.45, 7) is 7.55. The molecule has 0 aliphatic carbocycles. The van der Waals surface area contributed by atoms with Gasteiger partial charge in [0.15, 0.2) is 11.7 Å². The molecule has 0 bridgehead atoms. The monoisotopic (exact) mass is 183 g/mol. The van der Waals surface area contributed by atoms with Crippen LogP contribution < -0.4 is 10.1 Å². The fourth-order valence-corrected chi connectivity index (χ4v) is 1.14. The lowest BCUT2D eigenvalue weighted by molar-refractivity contribution is -0.759. The van der Waals surface area contributed by atoms with Crippen molar-refractivity contribution >= 4 is 0 Å². The van der Waals surface area contributed by atoms with Crippen LogP contribution in [-0.2, 0) is 5.54 Å². The van der Waals surface area contributed by atoms with E-state index in [1.54, 1.807) is 17.7 Å². The van der Waals surface area contributed by atoms with E-state index in [0.717, 1.165) is 5.69 Å². The molecule has 2 N–H and O–H groups in total. The number of aromatic nitrogens is 2. The maximum atomic E-state index is 11.2. The normalized spacial score (nSPS) is 11.7. The van der Waals surface area contributed by atoms with Gasteiger partial charge in [0.2, 0.25) is 0 Å². The number of H-pyrrole nitrogens is 1. The van der Waals surface area contributed by atoms with Crippen molar-refractivity contribution in [3.05, 3.63) is 22.2 Å². The average Bonchev–Trinajstić information content (AvgIpc) is 1.94. The zero-order chi connectivity index (χ0) is 10.2. The van der Waals surface area contributed by atoms with E-state index >= 15 is 0 Å². The molecule has 1 heterocycles. The highest BCUT2D eigenvalue weighted by atomic mass is 16.3. The molecule has 0 saturated carbocycles. The summed E-state index contributed by atoms with van der Waals surface area (Å²) in [6.07, 6.45) is 1.72. The Bertz CT molecular complexity index is 374. The van der Waals surface area contributed by atoms with E-state index in [1.165, 1.54) is 0 Å². The van der Waals surface area contributed by atoms with Crippen LogP contribution >= 0.6 is 0 Å². The van der Waals surface area contributed by atoms with Gasteiger partial charge in [0.05, 0.1) is 5.69 Å². The van der Waals surface area contributed by atoms with E-state index in [4.69, 9.17) is 0 Å². The van der Waals surface area contributed by atoms with Crippen molar-refractivity contribution in [2.75, 3.05) is 0 Å². The average molecular weight is 183 g/mol.